The average molecular weight is 402 g/mol. The van der Waals surface area contributed by atoms with Gasteiger partial charge in [0, 0.05) is 11.4 Å². The highest BCUT2D eigenvalue weighted by molar-refractivity contribution is 7.95. The maximum atomic E-state index is 12.2. The van der Waals surface area contributed by atoms with Crippen LogP contribution in [0.4, 0.5) is 4.79 Å². The van der Waals surface area contributed by atoms with Gasteiger partial charge in [-0.3, -0.25) is 4.79 Å². The van der Waals surface area contributed by atoms with E-state index >= 15 is 0 Å². The highest BCUT2D eigenvalue weighted by Crippen LogP contribution is 2.22. The van der Waals surface area contributed by atoms with Crippen molar-refractivity contribution in [3.63, 3.8) is 0 Å². The molecule has 0 aliphatic heterocycles. The molecule has 0 radical (unpaired) electrons. The monoisotopic (exact) mass is 401 g/mol. The van der Waals surface area contributed by atoms with Crippen LogP contribution in [0.25, 0.3) is 0 Å². The van der Waals surface area contributed by atoms with E-state index < -0.39 is 6.09 Å². The van der Waals surface area contributed by atoms with Crippen LogP contribution in [-0.4, -0.2) is 18.6 Å². The Bertz CT molecular complexity index is 722. The molecule has 0 aromatic heterocycles. The third-order valence-electron chi connectivity index (χ3n) is 3.98. The summed E-state index contributed by atoms with van der Waals surface area (Å²) >= 11 is 1.06. The Labute approximate surface area is 171 Å². The van der Waals surface area contributed by atoms with Crippen LogP contribution in [0.2, 0.25) is 0 Å². The lowest BCUT2D eigenvalue weighted by atomic mass is 9.94. The van der Waals surface area contributed by atoms with Crippen molar-refractivity contribution in [3.05, 3.63) is 66.2 Å². The van der Waals surface area contributed by atoms with Crippen LogP contribution in [0.3, 0.4) is 0 Å². The highest BCUT2D eigenvalue weighted by Gasteiger charge is 2.18. The third kappa shape index (κ3) is 8.95. The van der Waals surface area contributed by atoms with Gasteiger partial charge in [0.15, 0.2) is 0 Å². The van der Waals surface area contributed by atoms with E-state index in [-0.39, 0.29) is 24.9 Å². The lowest BCUT2D eigenvalue weighted by Crippen LogP contribution is -2.31. The van der Waals surface area contributed by atoms with E-state index in [1.807, 2.05) is 60.7 Å². The van der Waals surface area contributed by atoms with Gasteiger partial charge in [-0.25, -0.2) is 4.79 Å². The largest absolute Gasteiger partial charge is 0.445 e. The molecule has 2 aromatic rings. The topological polar surface area (TPSA) is 64.6 Å². The molecule has 28 heavy (non-hydrogen) atoms. The maximum absolute atomic E-state index is 12.2. The van der Waals surface area contributed by atoms with E-state index in [1.165, 1.54) is 0 Å². The molecule has 0 saturated carbocycles. The zero-order valence-corrected chi connectivity index (χ0v) is 17.1. The predicted octanol–water partition coefficient (Wildman–Crippen LogP) is 5.22. The SMILES string of the molecule is CC(C)C[C@H](CNC(=O)OCc1ccccc1)CC(=O)OSc1ccccc1. The van der Waals surface area contributed by atoms with Crippen LogP contribution in [0, 0.1) is 11.8 Å². The Balaban J connectivity index is 1.75. The van der Waals surface area contributed by atoms with E-state index in [9.17, 15) is 9.59 Å². The molecule has 2 aromatic carbocycles. The zero-order valence-electron chi connectivity index (χ0n) is 16.3. The van der Waals surface area contributed by atoms with Crippen molar-refractivity contribution in [2.45, 2.75) is 38.2 Å². The molecule has 1 N–H and O–H groups in total. The molecule has 0 bridgehead atoms. The Morgan fingerprint density at radius 1 is 1.00 bits per heavy atom. The summed E-state index contributed by atoms with van der Waals surface area (Å²) in [5.41, 5.74) is 0.929. The molecule has 0 unspecified atom stereocenters. The van der Waals surface area contributed by atoms with Gasteiger partial charge >= 0.3 is 12.1 Å². The third-order valence-corrected chi connectivity index (χ3v) is 4.72. The van der Waals surface area contributed by atoms with Crippen LogP contribution in [0.1, 0.15) is 32.3 Å². The minimum atomic E-state index is -0.482. The number of amides is 1. The highest BCUT2D eigenvalue weighted by atomic mass is 32.2. The summed E-state index contributed by atoms with van der Waals surface area (Å²) in [6, 6.07) is 19.0. The molecule has 0 heterocycles. The van der Waals surface area contributed by atoms with Crippen molar-refractivity contribution in [1.29, 1.82) is 0 Å². The molecule has 0 spiro atoms. The van der Waals surface area contributed by atoms with Crippen LogP contribution in [-0.2, 0) is 20.3 Å². The van der Waals surface area contributed by atoms with Gasteiger partial charge in [0.1, 0.15) is 6.61 Å². The van der Waals surface area contributed by atoms with Gasteiger partial charge in [-0.2, -0.15) is 0 Å². The number of carbonyl (C=O) groups excluding carboxylic acids is 2. The first-order valence-corrected chi connectivity index (χ1v) is 10.1. The van der Waals surface area contributed by atoms with E-state index in [4.69, 9.17) is 8.92 Å². The number of ether oxygens (including phenoxy) is 1. The summed E-state index contributed by atoms with van der Waals surface area (Å²) < 4.78 is 10.5. The molecule has 0 aliphatic carbocycles. The zero-order chi connectivity index (χ0) is 20.2. The van der Waals surface area contributed by atoms with Gasteiger partial charge in [0.05, 0.1) is 18.5 Å². The molecular formula is C22H27NO4S. The summed E-state index contributed by atoms with van der Waals surface area (Å²) in [6.07, 6.45) is 0.575. The lowest BCUT2D eigenvalue weighted by molar-refractivity contribution is -0.134. The Hall–Kier alpha value is -2.47. The average Bonchev–Trinajstić information content (AvgIpc) is 2.70. The second-order valence-corrected chi connectivity index (χ2v) is 7.80. The number of rotatable bonds is 10. The molecule has 0 fully saturated rings. The number of carbonyl (C=O) groups is 2. The van der Waals surface area contributed by atoms with Gasteiger partial charge < -0.3 is 14.2 Å². The molecule has 1 amide bonds. The van der Waals surface area contributed by atoms with E-state index in [2.05, 4.69) is 19.2 Å². The van der Waals surface area contributed by atoms with Crippen molar-refractivity contribution in [3.8, 4) is 0 Å². The Morgan fingerprint density at radius 2 is 1.64 bits per heavy atom. The summed E-state index contributed by atoms with van der Waals surface area (Å²) in [7, 11) is 0. The minimum Gasteiger partial charge on any atom is -0.445 e. The lowest BCUT2D eigenvalue weighted by Gasteiger charge is -2.18. The first kappa shape index (κ1) is 21.8. The predicted molar refractivity (Wildman–Crippen MR) is 111 cm³/mol. The van der Waals surface area contributed by atoms with Crippen LogP contribution >= 0.6 is 12.0 Å². The smallest absolute Gasteiger partial charge is 0.407 e. The normalized spacial score (nSPS) is 11.7. The van der Waals surface area contributed by atoms with Crippen LogP contribution < -0.4 is 5.32 Å². The number of hydrogen-bond acceptors (Lipinski definition) is 5. The summed E-state index contributed by atoms with van der Waals surface area (Å²) in [5.74, 6) is 0.105. The van der Waals surface area contributed by atoms with Gasteiger partial charge in [-0.05, 0) is 36.0 Å². The van der Waals surface area contributed by atoms with Crippen molar-refractivity contribution < 1.29 is 18.5 Å². The fraction of sp³-hybridized carbons (Fsp3) is 0.364. The van der Waals surface area contributed by atoms with Gasteiger partial charge in [-0.15, -0.1) is 0 Å². The van der Waals surface area contributed by atoms with E-state index in [0.717, 1.165) is 28.9 Å². The maximum Gasteiger partial charge on any atom is 0.407 e. The first-order valence-electron chi connectivity index (χ1n) is 9.40. The van der Waals surface area contributed by atoms with Crippen LogP contribution in [0.5, 0.6) is 0 Å². The van der Waals surface area contributed by atoms with Crippen molar-refractivity contribution in [2.24, 2.45) is 11.8 Å². The molecular weight excluding hydrogens is 374 g/mol. The molecule has 0 aliphatic rings. The molecule has 1 atom stereocenters. The summed E-state index contributed by atoms with van der Waals surface area (Å²) in [5, 5.41) is 2.76. The fourth-order valence-corrected chi connectivity index (χ4v) is 3.27. The molecule has 6 heteroatoms. The molecule has 5 nitrogen and oxygen atoms in total. The summed E-state index contributed by atoms with van der Waals surface area (Å²) in [6.45, 7) is 4.77. The number of hydrogen-bond donors (Lipinski definition) is 1. The first-order chi connectivity index (χ1) is 13.5. The van der Waals surface area contributed by atoms with Crippen molar-refractivity contribution in [2.75, 3.05) is 6.54 Å². The van der Waals surface area contributed by atoms with Gasteiger partial charge in [0.2, 0.25) is 0 Å². The molecule has 2 rings (SSSR count). The number of nitrogens with one attached hydrogen (secondary N) is 1. The Kier molecular flexibility index (Phi) is 9.42. The number of benzene rings is 2. The van der Waals surface area contributed by atoms with E-state index in [0.29, 0.717) is 12.5 Å². The molecule has 0 saturated heterocycles. The standard InChI is InChI=1S/C22H27NO4S/c1-17(2)13-19(14-21(24)27-28-20-11-7-4-8-12-20)15-23-22(25)26-16-18-9-5-3-6-10-18/h3-12,17,19H,13-16H2,1-2H3,(H,23,25)/t19-/m0/s1. The second-order valence-electron chi connectivity index (χ2n) is 6.99. The van der Waals surface area contributed by atoms with Gasteiger partial charge in [0.25, 0.3) is 0 Å². The number of alkyl carbamates (subject to hydrolysis) is 1. The van der Waals surface area contributed by atoms with Gasteiger partial charge in [-0.1, -0.05) is 62.4 Å². The summed E-state index contributed by atoms with van der Waals surface area (Å²) in [4.78, 5) is 25.0. The minimum absolute atomic E-state index is 0.00634. The Morgan fingerprint density at radius 3 is 2.29 bits per heavy atom. The fourth-order valence-electron chi connectivity index (χ4n) is 2.75. The second kappa shape index (κ2) is 12.1. The van der Waals surface area contributed by atoms with Crippen LogP contribution in [0.15, 0.2) is 65.6 Å². The van der Waals surface area contributed by atoms with Crippen molar-refractivity contribution >= 4 is 24.1 Å². The van der Waals surface area contributed by atoms with Crippen molar-refractivity contribution in [1.82, 2.24) is 5.32 Å². The van der Waals surface area contributed by atoms with E-state index in [1.54, 1.807) is 0 Å². The quantitative estimate of drug-likeness (QED) is 0.553. The molecule has 150 valence electrons.